The third-order valence-corrected chi connectivity index (χ3v) is 4.03. The van der Waals surface area contributed by atoms with E-state index in [-0.39, 0.29) is 11.8 Å². The molecule has 120 valence electrons. The Kier molecular flexibility index (Phi) is 6.53. The van der Waals surface area contributed by atoms with Crippen LogP contribution in [0.5, 0.6) is 0 Å². The molecule has 0 unspecified atom stereocenters. The molecule has 1 saturated heterocycles. The summed E-state index contributed by atoms with van der Waals surface area (Å²) < 4.78 is 0. The second-order valence-electron chi connectivity index (χ2n) is 5.68. The Morgan fingerprint density at radius 3 is 2.83 bits per heavy atom. The van der Waals surface area contributed by atoms with Crippen LogP contribution < -0.4 is 0 Å². The lowest BCUT2D eigenvalue weighted by Gasteiger charge is -2.23. The number of nitrogens with zero attached hydrogens (tertiary/aromatic N) is 5. The van der Waals surface area contributed by atoms with Crippen LogP contribution in [0.2, 0.25) is 0 Å². The zero-order chi connectivity index (χ0) is 16.5. The Morgan fingerprint density at radius 1 is 1.26 bits per heavy atom. The highest BCUT2D eigenvalue weighted by Crippen LogP contribution is 2.12. The van der Waals surface area contributed by atoms with E-state index in [4.69, 9.17) is 5.26 Å². The third kappa shape index (κ3) is 5.05. The smallest absolute Gasteiger partial charge is 0.272 e. The van der Waals surface area contributed by atoms with Crippen LogP contribution in [0, 0.1) is 28.6 Å². The van der Waals surface area contributed by atoms with Crippen molar-refractivity contribution in [3.63, 3.8) is 0 Å². The number of carbonyl (C=O) groups excluding carboxylic acids is 1. The van der Waals surface area contributed by atoms with Crippen molar-refractivity contribution >= 4 is 5.91 Å². The fourth-order valence-electron chi connectivity index (χ4n) is 2.75. The fourth-order valence-corrected chi connectivity index (χ4v) is 2.75. The normalized spacial score (nSPS) is 16.9. The summed E-state index contributed by atoms with van der Waals surface area (Å²) in [6, 6.07) is 9.72. The van der Waals surface area contributed by atoms with Gasteiger partial charge in [-0.05, 0) is 31.5 Å². The number of aromatic nitrogens is 1. The van der Waals surface area contributed by atoms with Gasteiger partial charge in [0.25, 0.3) is 5.91 Å². The van der Waals surface area contributed by atoms with E-state index >= 15 is 0 Å². The molecule has 2 rings (SSSR count). The van der Waals surface area contributed by atoms with Crippen molar-refractivity contribution in [2.24, 2.45) is 5.92 Å². The first-order chi connectivity index (χ1) is 11.2. The molecule has 1 fully saturated rings. The first kappa shape index (κ1) is 16.9. The molecular weight excluding hydrogens is 290 g/mol. The predicted molar refractivity (Wildman–Crippen MR) is 85.1 cm³/mol. The van der Waals surface area contributed by atoms with Gasteiger partial charge in [0, 0.05) is 38.8 Å². The fraction of sp³-hybridized carbons (Fsp3) is 0.529. The molecule has 0 saturated carbocycles. The van der Waals surface area contributed by atoms with Gasteiger partial charge in [-0.15, -0.1) is 0 Å². The average Bonchev–Trinajstić information content (AvgIpc) is 2.84. The van der Waals surface area contributed by atoms with Crippen molar-refractivity contribution in [2.45, 2.75) is 19.3 Å². The molecule has 1 aromatic heterocycles. The average molecular weight is 311 g/mol. The largest absolute Gasteiger partial charge is 0.336 e. The molecule has 1 aliphatic rings. The Bertz CT molecular complexity index is 589. The molecule has 0 N–H and O–H groups in total. The van der Waals surface area contributed by atoms with Gasteiger partial charge in [0.2, 0.25) is 0 Å². The van der Waals surface area contributed by atoms with Crippen molar-refractivity contribution in [1.82, 2.24) is 14.8 Å². The van der Waals surface area contributed by atoms with Crippen LogP contribution in [0.1, 0.15) is 29.8 Å². The Balaban J connectivity index is 1.88. The van der Waals surface area contributed by atoms with Crippen LogP contribution >= 0.6 is 0 Å². The van der Waals surface area contributed by atoms with E-state index in [2.05, 4.69) is 22.0 Å². The van der Waals surface area contributed by atoms with E-state index in [1.54, 1.807) is 18.3 Å². The molecule has 0 bridgehead atoms. The van der Waals surface area contributed by atoms with Gasteiger partial charge < -0.3 is 9.80 Å². The van der Waals surface area contributed by atoms with Crippen molar-refractivity contribution < 1.29 is 4.79 Å². The quantitative estimate of drug-likeness (QED) is 0.826. The highest BCUT2D eigenvalue weighted by Gasteiger charge is 2.22. The molecule has 6 heteroatoms. The van der Waals surface area contributed by atoms with Crippen LogP contribution in [0.25, 0.3) is 0 Å². The van der Waals surface area contributed by atoms with E-state index in [9.17, 15) is 10.1 Å². The molecule has 23 heavy (non-hydrogen) atoms. The minimum absolute atomic E-state index is 0.0336. The molecule has 0 spiro atoms. The van der Waals surface area contributed by atoms with E-state index in [1.165, 1.54) is 0 Å². The second kappa shape index (κ2) is 8.87. The number of amides is 1. The zero-order valence-corrected chi connectivity index (χ0v) is 13.2. The summed E-state index contributed by atoms with van der Waals surface area (Å²) in [4.78, 5) is 20.6. The lowest BCUT2D eigenvalue weighted by Crippen LogP contribution is -2.36. The Morgan fingerprint density at radius 2 is 2.13 bits per heavy atom. The number of hydrogen-bond donors (Lipinski definition) is 0. The molecule has 1 aliphatic heterocycles. The highest BCUT2D eigenvalue weighted by atomic mass is 16.2. The van der Waals surface area contributed by atoms with E-state index < -0.39 is 0 Å². The zero-order valence-electron chi connectivity index (χ0n) is 13.2. The van der Waals surface area contributed by atoms with Gasteiger partial charge in [-0.1, -0.05) is 6.07 Å². The van der Waals surface area contributed by atoms with Crippen LogP contribution in [0.15, 0.2) is 24.4 Å². The van der Waals surface area contributed by atoms with Gasteiger partial charge in [0.1, 0.15) is 5.69 Å². The van der Waals surface area contributed by atoms with Crippen molar-refractivity contribution in [1.29, 1.82) is 10.5 Å². The first-order valence-corrected chi connectivity index (χ1v) is 7.94. The number of nitriles is 2. The van der Waals surface area contributed by atoms with Gasteiger partial charge >= 0.3 is 0 Å². The monoisotopic (exact) mass is 311 g/mol. The van der Waals surface area contributed by atoms with Crippen LogP contribution in [0.3, 0.4) is 0 Å². The SMILES string of the molecule is N#CCC[C@H](C#N)CN1CCCN(C(=O)c2ccccn2)CC1. The van der Waals surface area contributed by atoms with Gasteiger partial charge in [0.05, 0.1) is 18.1 Å². The first-order valence-electron chi connectivity index (χ1n) is 7.94. The van der Waals surface area contributed by atoms with Crippen LogP contribution in [-0.4, -0.2) is 53.4 Å². The van der Waals surface area contributed by atoms with Crippen LogP contribution in [0.4, 0.5) is 0 Å². The van der Waals surface area contributed by atoms with Crippen molar-refractivity contribution in [3.8, 4) is 12.1 Å². The van der Waals surface area contributed by atoms with Gasteiger partial charge in [-0.2, -0.15) is 10.5 Å². The van der Waals surface area contributed by atoms with E-state index in [0.717, 1.165) is 19.5 Å². The van der Waals surface area contributed by atoms with Gasteiger partial charge in [-0.25, -0.2) is 0 Å². The van der Waals surface area contributed by atoms with E-state index in [1.807, 2.05) is 11.0 Å². The molecule has 1 amide bonds. The molecule has 1 aromatic rings. The maximum absolute atomic E-state index is 12.4. The predicted octanol–water partition coefficient (Wildman–Crippen LogP) is 1.67. The second-order valence-corrected chi connectivity index (χ2v) is 5.68. The number of pyridine rings is 1. The molecule has 1 atom stereocenters. The number of rotatable bonds is 5. The van der Waals surface area contributed by atoms with Crippen molar-refractivity contribution in [3.05, 3.63) is 30.1 Å². The minimum atomic E-state index is -0.118. The standard InChI is InChI=1S/C17H21N5O/c18-7-3-5-15(13-19)14-21-9-4-10-22(12-11-21)17(23)16-6-1-2-8-20-16/h1-2,6,8,15H,3-5,9-12,14H2/t15-/m1/s1. The van der Waals surface area contributed by atoms with Gasteiger partial charge in [0.15, 0.2) is 0 Å². The minimum Gasteiger partial charge on any atom is -0.336 e. The molecular formula is C17H21N5O. The van der Waals surface area contributed by atoms with Crippen molar-refractivity contribution in [2.75, 3.05) is 32.7 Å². The number of hydrogen-bond acceptors (Lipinski definition) is 5. The molecule has 0 radical (unpaired) electrons. The summed E-state index contributed by atoms with van der Waals surface area (Å²) >= 11 is 0. The molecule has 6 nitrogen and oxygen atoms in total. The van der Waals surface area contributed by atoms with Gasteiger partial charge in [-0.3, -0.25) is 9.78 Å². The lowest BCUT2D eigenvalue weighted by atomic mass is 10.0. The molecule has 0 aromatic carbocycles. The summed E-state index contributed by atoms with van der Waals surface area (Å²) in [7, 11) is 0. The molecule has 0 aliphatic carbocycles. The Hall–Kier alpha value is -2.44. The topological polar surface area (TPSA) is 84.0 Å². The summed E-state index contributed by atoms with van der Waals surface area (Å²) in [6.07, 6.45) is 3.54. The van der Waals surface area contributed by atoms with E-state index in [0.29, 0.717) is 38.2 Å². The lowest BCUT2D eigenvalue weighted by molar-refractivity contribution is 0.0755. The summed E-state index contributed by atoms with van der Waals surface area (Å²) in [5.41, 5.74) is 0.477. The maximum Gasteiger partial charge on any atom is 0.272 e. The summed E-state index contributed by atoms with van der Waals surface area (Å²) in [5.74, 6) is -0.151. The maximum atomic E-state index is 12.4. The Labute approximate surface area is 136 Å². The summed E-state index contributed by atoms with van der Waals surface area (Å²) in [5, 5.41) is 17.8. The third-order valence-electron chi connectivity index (χ3n) is 4.03. The van der Waals surface area contributed by atoms with Crippen LogP contribution in [-0.2, 0) is 0 Å². The summed E-state index contributed by atoms with van der Waals surface area (Å²) in [6.45, 7) is 3.65. The molecule has 2 heterocycles. The highest BCUT2D eigenvalue weighted by molar-refractivity contribution is 5.92. The number of carbonyl (C=O) groups is 1.